The molecule has 0 unspecified atom stereocenters. The van der Waals surface area contributed by atoms with Crippen LogP contribution in [0.3, 0.4) is 0 Å². The van der Waals surface area contributed by atoms with Gasteiger partial charge in [-0.1, -0.05) is 5.57 Å². The number of allylic oxidation sites excluding steroid dienone is 1. The van der Waals surface area contributed by atoms with Gasteiger partial charge in [0.25, 0.3) is 0 Å². The first kappa shape index (κ1) is 12.6. The van der Waals surface area contributed by atoms with Crippen LogP contribution < -0.4 is 5.32 Å². The van der Waals surface area contributed by atoms with Gasteiger partial charge < -0.3 is 5.32 Å². The molecule has 0 heterocycles. The molecule has 0 spiro atoms. The largest absolute Gasteiger partial charge is 0.355 e. The van der Waals surface area contributed by atoms with Crippen molar-refractivity contribution in [1.82, 2.24) is 5.32 Å². The SMILES string of the molecule is C=C.CNC(=O)C(C)=C(C)C. The van der Waals surface area contributed by atoms with Crippen LogP contribution in [-0.2, 0) is 4.79 Å². The molecule has 64 valence electrons. The van der Waals surface area contributed by atoms with Crippen LogP contribution in [0.5, 0.6) is 0 Å². The first-order chi connectivity index (χ1) is 5.09. The molecule has 0 aromatic carbocycles. The van der Waals surface area contributed by atoms with E-state index in [4.69, 9.17) is 0 Å². The van der Waals surface area contributed by atoms with Crippen LogP contribution in [0.25, 0.3) is 0 Å². The minimum Gasteiger partial charge on any atom is -0.355 e. The second-order valence-electron chi connectivity index (χ2n) is 2.20. The van der Waals surface area contributed by atoms with Crippen LogP contribution in [0, 0.1) is 0 Å². The number of carbonyl (C=O) groups excluding carboxylic acids is 1. The highest BCUT2D eigenvalue weighted by Crippen LogP contribution is 1.99. The number of amides is 1. The molecule has 11 heavy (non-hydrogen) atoms. The third-order valence-electron chi connectivity index (χ3n) is 1.32. The van der Waals surface area contributed by atoms with E-state index in [2.05, 4.69) is 18.5 Å². The Kier molecular flexibility index (Phi) is 8.10. The molecule has 0 bridgehead atoms. The van der Waals surface area contributed by atoms with Crippen LogP contribution in [0.4, 0.5) is 0 Å². The summed E-state index contributed by atoms with van der Waals surface area (Å²) >= 11 is 0. The van der Waals surface area contributed by atoms with Crippen LogP contribution in [-0.4, -0.2) is 13.0 Å². The van der Waals surface area contributed by atoms with Gasteiger partial charge in [0.05, 0.1) is 0 Å². The summed E-state index contributed by atoms with van der Waals surface area (Å²) < 4.78 is 0. The Hall–Kier alpha value is -1.05. The molecular formula is C9H17NO. The summed E-state index contributed by atoms with van der Waals surface area (Å²) in [6.07, 6.45) is 0. The quantitative estimate of drug-likeness (QED) is 0.454. The number of hydrogen-bond acceptors (Lipinski definition) is 1. The second kappa shape index (κ2) is 7.06. The smallest absolute Gasteiger partial charge is 0.246 e. The van der Waals surface area contributed by atoms with E-state index in [9.17, 15) is 4.79 Å². The van der Waals surface area contributed by atoms with Crippen molar-refractivity contribution in [2.45, 2.75) is 20.8 Å². The average Bonchev–Trinajstić information content (AvgIpc) is 2.05. The summed E-state index contributed by atoms with van der Waals surface area (Å²) in [5.74, 6) is 0.00926. The topological polar surface area (TPSA) is 29.1 Å². The lowest BCUT2D eigenvalue weighted by Crippen LogP contribution is -2.19. The highest BCUT2D eigenvalue weighted by molar-refractivity contribution is 5.93. The molecule has 0 fully saturated rings. The zero-order valence-electron chi connectivity index (χ0n) is 7.82. The Balaban J connectivity index is 0. The molecule has 0 atom stereocenters. The molecule has 2 nitrogen and oxygen atoms in total. The molecule has 0 saturated carbocycles. The highest BCUT2D eigenvalue weighted by Gasteiger charge is 1.99. The molecule has 0 aliphatic rings. The summed E-state index contributed by atoms with van der Waals surface area (Å²) in [4.78, 5) is 10.8. The first-order valence-electron chi connectivity index (χ1n) is 3.45. The number of rotatable bonds is 1. The standard InChI is InChI=1S/C7H13NO.C2H4/c1-5(2)6(3)7(9)8-4;1-2/h1-4H3,(H,8,9);1-2H2. The maximum absolute atomic E-state index is 10.8. The van der Waals surface area contributed by atoms with Crippen LogP contribution in [0.1, 0.15) is 20.8 Å². The Labute approximate surface area is 69.0 Å². The van der Waals surface area contributed by atoms with E-state index in [1.807, 2.05) is 20.8 Å². The lowest BCUT2D eigenvalue weighted by molar-refractivity contribution is -0.117. The Morgan fingerprint density at radius 3 is 1.64 bits per heavy atom. The minimum absolute atomic E-state index is 0.00926. The Morgan fingerprint density at radius 2 is 1.55 bits per heavy atom. The first-order valence-corrected chi connectivity index (χ1v) is 3.45. The maximum Gasteiger partial charge on any atom is 0.246 e. The molecule has 0 aliphatic heterocycles. The van der Waals surface area contributed by atoms with Crippen molar-refractivity contribution in [2.75, 3.05) is 7.05 Å². The fraction of sp³-hybridized carbons (Fsp3) is 0.444. The summed E-state index contributed by atoms with van der Waals surface area (Å²) in [7, 11) is 1.63. The summed E-state index contributed by atoms with van der Waals surface area (Å²) in [5, 5.41) is 2.55. The van der Waals surface area contributed by atoms with Crippen molar-refractivity contribution >= 4 is 5.91 Å². The minimum atomic E-state index is 0.00926. The molecule has 0 saturated heterocycles. The number of nitrogens with one attached hydrogen (secondary N) is 1. The lowest BCUT2D eigenvalue weighted by atomic mass is 10.2. The molecule has 0 aliphatic carbocycles. The summed E-state index contributed by atoms with van der Waals surface area (Å²) in [6, 6.07) is 0. The molecule has 2 heteroatoms. The van der Waals surface area contributed by atoms with Crippen molar-refractivity contribution < 1.29 is 4.79 Å². The zero-order chi connectivity index (χ0) is 9.44. The molecule has 0 aromatic rings. The number of hydrogen-bond donors (Lipinski definition) is 1. The molecule has 1 amide bonds. The monoisotopic (exact) mass is 155 g/mol. The highest BCUT2D eigenvalue weighted by atomic mass is 16.1. The fourth-order valence-corrected chi connectivity index (χ4v) is 0.415. The predicted molar refractivity (Wildman–Crippen MR) is 49.4 cm³/mol. The van der Waals surface area contributed by atoms with Gasteiger partial charge in [-0.05, 0) is 20.8 Å². The van der Waals surface area contributed by atoms with Gasteiger partial charge in [0, 0.05) is 12.6 Å². The van der Waals surface area contributed by atoms with Gasteiger partial charge in [-0.3, -0.25) is 4.79 Å². The van der Waals surface area contributed by atoms with Gasteiger partial charge in [0.1, 0.15) is 0 Å². The zero-order valence-corrected chi connectivity index (χ0v) is 7.82. The molecule has 1 N–H and O–H groups in total. The van der Waals surface area contributed by atoms with Crippen molar-refractivity contribution in [1.29, 1.82) is 0 Å². The van der Waals surface area contributed by atoms with Gasteiger partial charge in [-0.15, -0.1) is 13.2 Å². The van der Waals surface area contributed by atoms with Crippen molar-refractivity contribution in [2.24, 2.45) is 0 Å². The molecule has 0 aromatic heterocycles. The van der Waals surface area contributed by atoms with Crippen LogP contribution in [0.2, 0.25) is 0 Å². The molecule has 0 radical (unpaired) electrons. The second-order valence-corrected chi connectivity index (χ2v) is 2.20. The maximum atomic E-state index is 10.8. The third kappa shape index (κ3) is 5.40. The van der Waals surface area contributed by atoms with Gasteiger partial charge in [0.15, 0.2) is 0 Å². The lowest BCUT2D eigenvalue weighted by Gasteiger charge is -1.99. The van der Waals surface area contributed by atoms with Gasteiger partial charge in [-0.2, -0.15) is 0 Å². The Morgan fingerprint density at radius 1 is 1.18 bits per heavy atom. The van der Waals surface area contributed by atoms with Crippen molar-refractivity contribution in [3.05, 3.63) is 24.3 Å². The van der Waals surface area contributed by atoms with Gasteiger partial charge in [-0.25, -0.2) is 0 Å². The van der Waals surface area contributed by atoms with E-state index in [-0.39, 0.29) is 5.91 Å². The van der Waals surface area contributed by atoms with E-state index in [0.29, 0.717) is 0 Å². The normalized spacial score (nSPS) is 7.27. The van der Waals surface area contributed by atoms with Crippen molar-refractivity contribution in [3.8, 4) is 0 Å². The van der Waals surface area contributed by atoms with E-state index >= 15 is 0 Å². The van der Waals surface area contributed by atoms with Crippen molar-refractivity contribution in [3.63, 3.8) is 0 Å². The van der Waals surface area contributed by atoms with E-state index in [1.165, 1.54) is 0 Å². The predicted octanol–water partition coefficient (Wildman–Crippen LogP) is 1.89. The number of carbonyl (C=O) groups is 1. The number of likely N-dealkylation sites (N-methyl/N-ethyl adjacent to an activating group) is 1. The van der Waals surface area contributed by atoms with Gasteiger partial charge >= 0.3 is 0 Å². The van der Waals surface area contributed by atoms with E-state index in [1.54, 1.807) is 7.05 Å². The third-order valence-corrected chi connectivity index (χ3v) is 1.32. The molecule has 0 rings (SSSR count). The van der Waals surface area contributed by atoms with Crippen LogP contribution in [0.15, 0.2) is 24.3 Å². The average molecular weight is 155 g/mol. The molecular weight excluding hydrogens is 138 g/mol. The van der Waals surface area contributed by atoms with Crippen LogP contribution >= 0.6 is 0 Å². The fourth-order valence-electron chi connectivity index (χ4n) is 0.415. The van der Waals surface area contributed by atoms with Gasteiger partial charge in [0.2, 0.25) is 5.91 Å². The van der Waals surface area contributed by atoms with E-state index in [0.717, 1.165) is 11.1 Å². The Bertz CT molecular complexity index is 155. The summed E-state index contributed by atoms with van der Waals surface area (Å²) in [6.45, 7) is 11.7. The summed E-state index contributed by atoms with van der Waals surface area (Å²) in [5.41, 5.74) is 1.87. The van der Waals surface area contributed by atoms with E-state index < -0.39 is 0 Å².